The molecular formula is C14H16N2O3. The summed E-state index contributed by atoms with van der Waals surface area (Å²) >= 11 is 0. The van der Waals surface area contributed by atoms with Gasteiger partial charge in [0.25, 0.3) is 0 Å². The number of piperidine rings is 1. The van der Waals surface area contributed by atoms with Crippen LogP contribution in [0.25, 0.3) is 0 Å². The van der Waals surface area contributed by atoms with Gasteiger partial charge in [-0.05, 0) is 24.3 Å². The van der Waals surface area contributed by atoms with Crippen LogP contribution in [0.1, 0.15) is 18.4 Å². The van der Waals surface area contributed by atoms with Gasteiger partial charge in [-0.1, -0.05) is 30.3 Å². The molecule has 2 N–H and O–H groups in total. The van der Waals surface area contributed by atoms with E-state index in [2.05, 4.69) is 0 Å². The average Bonchev–Trinajstić information content (AvgIpc) is 3.07. The van der Waals surface area contributed by atoms with E-state index >= 15 is 0 Å². The van der Waals surface area contributed by atoms with Crippen molar-refractivity contribution in [2.45, 2.75) is 31.5 Å². The highest BCUT2D eigenvalue weighted by Gasteiger charge is 2.56. The minimum absolute atomic E-state index is 0.153. The van der Waals surface area contributed by atoms with Gasteiger partial charge in [0.15, 0.2) is 0 Å². The molecule has 3 atom stereocenters. The topological polar surface area (TPSA) is 72.6 Å². The predicted molar refractivity (Wildman–Crippen MR) is 68.0 cm³/mol. The van der Waals surface area contributed by atoms with Crippen LogP contribution in [-0.4, -0.2) is 29.0 Å². The third-order valence-corrected chi connectivity index (χ3v) is 3.85. The number of amides is 2. The Balaban J connectivity index is 1.62. The fourth-order valence-corrected chi connectivity index (χ4v) is 2.77. The van der Waals surface area contributed by atoms with E-state index in [1.54, 1.807) is 0 Å². The lowest BCUT2D eigenvalue weighted by Gasteiger charge is -2.24. The summed E-state index contributed by atoms with van der Waals surface area (Å²) in [4.78, 5) is 24.9. The zero-order chi connectivity index (χ0) is 13.4. The number of carbonyl (C=O) groups excluding carboxylic acids is 2. The van der Waals surface area contributed by atoms with Gasteiger partial charge in [0.2, 0.25) is 5.91 Å². The summed E-state index contributed by atoms with van der Waals surface area (Å²) in [5.74, 6) is -0.00867. The molecule has 1 saturated carbocycles. The van der Waals surface area contributed by atoms with Gasteiger partial charge in [-0.25, -0.2) is 4.79 Å². The Kier molecular flexibility index (Phi) is 2.89. The molecule has 2 amide bonds. The highest BCUT2D eigenvalue weighted by molar-refractivity contribution is 5.85. The number of likely N-dealkylation sites (tertiary alicyclic amines) is 1. The standard InChI is InChI=1S/C14H16N2O3/c15-13(17)12-7-10-6-11(10)16(12)14(18)19-8-9-4-2-1-3-5-9/h1-5,10-12H,6-8H2,(H2,15,17)/t10-,11-,12-/m0/s1. The SMILES string of the molecule is NC(=O)[C@@H]1C[C@@H]2C[C@@H]2N1C(=O)OCc1ccccc1. The van der Waals surface area contributed by atoms with Crippen LogP contribution in [0.15, 0.2) is 30.3 Å². The summed E-state index contributed by atoms with van der Waals surface area (Å²) in [5.41, 5.74) is 6.26. The molecule has 0 spiro atoms. The lowest BCUT2D eigenvalue weighted by atomic mass is 10.1. The summed E-state index contributed by atoms with van der Waals surface area (Å²) in [5, 5.41) is 0. The van der Waals surface area contributed by atoms with Gasteiger partial charge < -0.3 is 10.5 Å². The molecule has 2 aliphatic rings. The fraction of sp³-hybridized carbons (Fsp3) is 0.429. The van der Waals surface area contributed by atoms with Crippen LogP contribution in [0.4, 0.5) is 4.79 Å². The van der Waals surface area contributed by atoms with Crippen LogP contribution in [0, 0.1) is 5.92 Å². The van der Waals surface area contributed by atoms with Crippen molar-refractivity contribution in [3.63, 3.8) is 0 Å². The highest BCUT2D eigenvalue weighted by Crippen LogP contribution is 2.47. The molecule has 1 heterocycles. The second-order valence-corrected chi connectivity index (χ2v) is 5.16. The number of rotatable bonds is 3. The summed E-state index contributed by atoms with van der Waals surface area (Å²) in [7, 11) is 0. The first-order chi connectivity index (χ1) is 9.16. The molecule has 0 bridgehead atoms. The van der Waals surface area contributed by atoms with Crippen LogP contribution in [0.3, 0.4) is 0 Å². The number of primary amides is 1. The quantitative estimate of drug-likeness (QED) is 0.889. The Morgan fingerprint density at radius 2 is 2.00 bits per heavy atom. The van der Waals surface area contributed by atoms with Crippen LogP contribution in [0.5, 0.6) is 0 Å². The van der Waals surface area contributed by atoms with E-state index in [4.69, 9.17) is 10.5 Å². The number of ether oxygens (including phenoxy) is 1. The lowest BCUT2D eigenvalue weighted by Crippen LogP contribution is -2.46. The third-order valence-electron chi connectivity index (χ3n) is 3.85. The Morgan fingerprint density at radius 1 is 1.26 bits per heavy atom. The highest BCUT2D eigenvalue weighted by atomic mass is 16.6. The smallest absolute Gasteiger partial charge is 0.411 e. The molecule has 1 aromatic carbocycles. The second-order valence-electron chi connectivity index (χ2n) is 5.16. The van der Waals surface area contributed by atoms with Gasteiger partial charge in [-0.3, -0.25) is 9.69 Å². The number of nitrogens with zero attached hydrogens (tertiary/aromatic N) is 1. The zero-order valence-corrected chi connectivity index (χ0v) is 10.5. The minimum Gasteiger partial charge on any atom is -0.445 e. The van der Waals surface area contributed by atoms with E-state index in [0.717, 1.165) is 12.0 Å². The van der Waals surface area contributed by atoms with E-state index < -0.39 is 18.0 Å². The maximum absolute atomic E-state index is 12.1. The number of hydrogen-bond donors (Lipinski definition) is 1. The van der Waals surface area contributed by atoms with E-state index in [9.17, 15) is 9.59 Å². The molecule has 100 valence electrons. The van der Waals surface area contributed by atoms with E-state index in [-0.39, 0.29) is 12.6 Å². The Bertz CT molecular complexity index is 503. The van der Waals surface area contributed by atoms with Crippen LogP contribution in [-0.2, 0) is 16.1 Å². The minimum atomic E-state index is -0.493. The molecule has 0 unspecified atom stereocenters. The lowest BCUT2D eigenvalue weighted by molar-refractivity contribution is -0.122. The van der Waals surface area contributed by atoms with E-state index in [1.807, 2.05) is 30.3 Å². The van der Waals surface area contributed by atoms with Gasteiger partial charge >= 0.3 is 6.09 Å². The number of carbonyl (C=O) groups is 2. The van der Waals surface area contributed by atoms with Crippen molar-refractivity contribution in [2.24, 2.45) is 11.7 Å². The maximum atomic E-state index is 12.1. The van der Waals surface area contributed by atoms with Crippen LogP contribution < -0.4 is 5.73 Å². The van der Waals surface area contributed by atoms with E-state index in [0.29, 0.717) is 12.3 Å². The molecule has 0 aromatic heterocycles. The molecule has 1 aromatic rings. The van der Waals surface area contributed by atoms with Crippen molar-refractivity contribution in [1.82, 2.24) is 4.90 Å². The van der Waals surface area contributed by atoms with Crippen molar-refractivity contribution in [1.29, 1.82) is 0 Å². The normalized spacial score (nSPS) is 27.8. The van der Waals surface area contributed by atoms with Gasteiger partial charge in [0, 0.05) is 6.04 Å². The number of nitrogens with two attached hydrogens (primary N) is 1. The molecule has 19 heavy (non-hydrogen) atoms. The third kappa shape index (κ3) is 2.28. The first kappa shape index (κ1) is 12.0. The van der Waals surface area contributed by atoms with Crippen molar-refractivity contribution in [3.05, 3.63) is 35.9 Å². The maximum Gasteiger partial charge on any atom is 0.411 e. The molecular weight excluding hydrogens is 244 g/mol. The summed E-state index contributed by atoms with van der Waals surface area (Å²) in [6.45, 7) is 0.221. The number of fused-ring (bicyclic) bond motifs is 1. The molecule has 5 heteroatoms. The molecule has 2 fully saturated rings. The Morgan fingerprint density at radius 3 is 2.68 bits per heavy atom. The molecule has 1 aliphatic heterocycles. The predicted octanol–water partition coefficient (Wildman–Crippen LogP) is 1.27. The average molecular weight is 260 g/mol. The van der Waals surface area contributed by atoms with Gasteiger partial charge in [0.05, 0.1) is 0 Å². The number of benzene rings is 1. The summed E-state index contributed by atoms with van der Waals surface area (Å²) in [6, 6.07) is 9.13. The van der Waals surface area contributed by atoms with Crippen molar-refractivity contribution in [2.75, 3.05) is 0 Å². The molecule has 1 aliphatic carbocycles. The fourth-order valence-electron chi connectivity index (χ4n) is 2.77. The molecule has 3 rings (SSSR count). The van der Waals surface area contributed by atoms with Crippen molar-refractivity contribution >= 4 is 12.0 Å². The van der Waals surface area contributed by atoms with Gasteiger partial charge in [-0.2, -0.15) is 0 Å². The molecule has 5 nitrogen and oxygen atoms in total. The summed E-state index contributed by atoms with van der Waals surface area (Å²) in [6.07, 6.45) is 1.21. The van der Waals surface area contributed by atoms with Gasteiger partial charge in [0.1, 0.15) is 12.6 Å². The molecule has 1 saturated heterocycles. The molecule has 0 radical (unpaired) electrons. The zero-order valence-electron chi connectivity index (χ0n) is 10.5. The van der Waals surface area contributed by atoms with Crippen molar-refractivity contribution in [3.8, 4) is 0 Å². The van der Waals surface area contributed by atoms with Crippen LogP contribution in [0.2, 0.25) is 0 Å². The summed E-state index contributed by atoms with van der Waals surface area (Å²) < 4.78 is 5.27. The van der Waals surface area contributed by atoms with Crippen LogP contribution >= 0.6 is 0 Å². The monoisotopic (exact) mass is 260 g/mol. The second kappa shape index (κ2) is 4.57. The first-order valence-electron chi connectivity index (χ1n) is 6.45. The number of hydrogen-bond acceptors (Lipinski definition) is 3. The largest absolute Gasteiger partial charge is 0.445 e. The first-order valence-corrected chi connectivity index (χ1v) is 6.45. The van der Waals surface area contributed by atoms with Crippen molar-refractivity contribution < 1.29 is 14.3 Å². The van der Waals surface area contributed by atoms with Gasteiger partial charge in [-0.15, -0.1) is 0 Å². The van der Waals surface area contributed by atoms with E-state index in [1.165, 1.54) is 4.90 Å². The Hall–Kier alpha value is -2.04. The Labute approximate surface area is 111 Å².